The number of rotatable bonds is 4. The van der Waals surface area contributed by atoms with E-state index >= 15 is 0 Å². The Hall–Kier alpha value is -2.69. The molecule has 2 heterocycles. The molecule has 0 aliphatic heterocycles. The first-order valence-corrected chi connectivity index (χ1v) is 8.63. The Morgan fingerprint density at radius 3 is 2.75 bits per heavy atom. The summed E-state index contributed by atoms with van der Waals surface area (Å²) in [5.41, 5.74) is 0.774. The number of aromatic nitrogens is 1. The van der Waals surface area contributed by atoms with E-state index in [9.17, 15) is 15.2 Å². The largest absolute Gasteiger partial charge is 0.507 e. The average molecular weight is 356 g/mol. The van der Waals surface area contributed by atoms with Crippen LogP contribution < -0.4 is 0 Å². The molecule has 0 spiro atoms. The van der Waals surface area contributed by atoms with E-state index in [1.165, 1.54) is 22.7 Å². The minimum atomic E-state index is -0.527. The number of aliphatic hydroxyl groups excluding tert-OH is 1. The normalized spacial score (nSPS) is 11.8. The number of thiazole rings is 1. The molecule has 0 saturated heterocycles. The van der Waals surface area contributed by atoms with E-state index in [0.717, 1.165) is 15.1 Å². The van der Waals surface area contributed by atoms with Gasteiger partial charge in [0.1, 0.15) is 28.1 Å². The Balaban J connectivity index is 1.80. The van der Waals surface area contributed by atoms with E-state index in [2.05, 4.69) is 4.98 Å². The molecule has 3 rings (SSSR count). The van der Waals surface area contributed by atoms with Gasteiger partial charge in [-0.15, -0.1) is 22.7 Å². The van der Waals surface area contributed by atoms with Crippen molar-refractivity contribution in [3.8, 4) is 6.07 Å². The highest BCUT2D eigenvalue weighted by atomic mass is 32.1. The van der Waals surface area contributed by atoms with Crippen molar-refractivity contribution in [2.24, 2.45) is 0 Å². The number of aliphatic hydroxyl groups is 1. The first-order chi connectivity index (χ1) is 11.6. The van der Waals surface area contributed by atoms with Crippen LogP contribution in [0.25, 0.3) is 15.8 Å². The first kappa shape index (κ1) is 16.2. The van der Waals surface area contributed by atoms with Crippen molar-refractivity contribution >= 4 is 44.4 Å². The summed E-state index contributed by atoms with van der Waals surface area (Å²) < 4.78 is 5.99. The van der Waals surface area contributed by atoms with E-state index < -0.39 is 5.97 Å². The lowest BCUT2D eigenvalue weighted by molar-refractivity contribution is 0.0508. The number of fused-ring (bicyclic) bond motifs is 1. The Morgan fingerprint density at radius 1 is 1.29 bits per heavy atom. The van der Waals surface area contributed by atoms with Crippen LogP contribution in [0, 0.1) is 18.3 Å². The van der Waals surface area contributed by atoms with Gasteiger partial charge in [0.25, 0.3) is 0 Å². The van der Waals surface area contributed by atoms with Crippen LogP contribution in [0.3, 0.4) is 0 Å². The van der Waals surface area contributed by atoms with Gasteiger partial charge in [0.15, 0.2) is 5.76 Å². The lowest BCUT2D eigenvalue weighted by Gasteiger charge is -2.04. The second-order valence-corrected chi connectivity index (χ2v) is 7.23. The van der Waals surface area contributed by atoms with Crippen LogP contribution >= 0.6 is 22.7 Å². The summed E-state index contributed by atoms with van der Waals surface area (Å²) in [7, 11) is 0. The molecule has 0 aliphatic carbocycles. The lowest BCUT2D eigenvalue weighted by atomic mass is 10.2. The summed E-state index contributed by atoms with van der Waals surface area (Å²) in [5.74, 6) is -0.834. The standard InChI is InChI=1S/C17H12N2O3S2/c1-10-6-7-15(23-10)17(21)22-9-13(20)11(8-18)16-19-12-4-2-3-5-14(12)24-16/h2-7,20H,9H2,1H3/b13-11-. The van der Waals surface area contributed by atoms with Crippen molar-refractivity contribution in [2.45, 2.75) is 6.92 Å². The minimum absolute atomic E-state index is 0.0198. The van der Waals surface area contributed by atoms with Crippen molar-refractivity contribution < 1.29 is 14.6 Å². The third-order valence-corrected chi connectivity index (χ3v) is 5.22. The number of carbonyl (C=O) groups excluding carboxylic acids is 1. The molecule has 0 saturated carbocycles. The molecule has 0 fully saturated rings. The van der Waals surface area contributed by atoms with Gasteiger partial charge in [0.2, 0.25) is 0 Å². The number of esters is 1. The van der Waals surface area contributed by atoms with Crippen molar-refractivity contribution in [1.29, 1.82) is 5.26 Å². The molecule has 120 valence electrons. The molecular formula is C17H12N2O3S2. The second-order valence-electron chi connectivity index (χ2n) is 4.91. The van der Waals surface area contributed by atoms with Crippen LogP contribution in [0.4, 0.5) is 0 Å². The zero-order valence-electron chi connectivity index (χ0n) is 12.6. The molecule has 0 bridgehead atoms. The van der Waals surface area contributed by atoms with E-state index in [4.69, 9.17) is 4.74 Å². The molecule has 24 heavy (non-hydrogen) atoms. The van der Waals surface area contributed by atoms with Crippen molar-refractivity contribution in [3.63, 3.8) is 0 Å². The number of allylic oxidation sites excluding steroid dienone is 1. The number of thiophene rings is 1. The van der Waals surface area contributed by atoms with Crippen LogP contribution in [0.15, 0.2) is 42.2 Å². The van der Waals surface area contributed by atoms with Gasteiger partial charge in [-0.05, 0) is 31.2 Å². The fourth-order valence-electron chi connectivity index (χ4n) is 2.04. The highest BCUT2D eigenvalue weighted by Gasteiger charge is 2.16. The van der Waals surface area contributed by atoms with Crippen LogP contribution in [0.2, 0.25) is 0 Å². The summed E-state index contributed by atoms with van der Waals surface area (Å²) >= 11 is 2.62. The van der Waals surface area contributed by atoms with Gasteiger partial charge in [0, 0.05) is 4.88 Å². The van der Waals surface area contributed by atoms with Crippen molar-refractivity contribution in [3.05, 3.63) is 56.9 Å². The van der Waals surface area contributed by atoms with Gasteiger partial charge < -0.3 is 9.84 Å². The summed E-state index contributed by atoms with van der Waals surface area (Å²) in [4.78, 5) is 17.7. The molecule has 1 N–H and O–H groups in total. The highest BCUT2D eigenvalue weighted by molar-refractivity contribution is 7.19. The number of para-hydroxylation sites is 1. The lowest BCUT2D eigenvalue weighted by Crippen LogP contribution is -2.07. The monoisotopic (exact) mass is 356 g/mol. The van der Waals surface area contributed by atoms with E-state index in [0.29, 0.717) is 9.88 Å². The second kappa shape index (κ2) is 6.83. The van der Waals surface area contributed by atoms with Gasteiger partial charge >= 0.3 is 5.97 Å². The summed E-state index contributed by atoms with van der Waals surface area (Å²) in [6.45, 7) is 1.52. The maximum atomic E-state index is 11.9. The number of nitriles is 1. The zero-order chi connectivity index (χ0) is 17.1. The average Bonchev–Trinajstić information content (AvgIpc) is 3.19. The fourth-order valence-corrected chi connectivity index (χ4v) is 3.78. The first-order valence-electron chi connectivity index (χ1n) is 7.00. The molecule has 0 aliphatic rings. The molecule has 0 unspecified atom stereocenters. The molecule has 0 radical (unpaired) electrons. The molecule has 0 atom stereocenters. The third kappa shape index (κ3) is 3.30. The Kier molecular flexibility index (Phi) is 4.60. The quantitative estimate of drug-likeness (QED) is 0.428. The Bertz CT molecular complexity index is 946. The number of benzene rings is 1. The third-order valence-electron chi connectivity index (χ3n) is 3.19. The predicted octanol–water partition coefficient (Wildman–Crippen LogP) is 4.32. The molecule has 5 nitrogen and oxygen atoms in total. The smallest absolute Gasteiger partial charge is 0.348 e. The van der Waals surface area contributed by atoms with Gasteiger partial charge in [-0.2, -0.15) is 5.26 Å². The summed E-state index contributed by atoms with van der Waals surface area (Å²) in [5, 5.41) is 19.9. The number of ether oxygens (including phenoxy) is 1. The van der Waals surface area contributed by atoms with Crippen LogP contribution in [0.1, 0.15) is 19.6 Å². The number of aryl methyl sites for hydroxylation is 1. The zero-order valence-corrected chi connectivity index (χ0v) is 14.3. The number of nitrogens with zero attached hydrogens (tertiary/aromatic N) is 2. The number of hydrogen-bond acceptors (Lipinski definition) is 7. The highest BCUT2D eigenvalue weighted by Crippen LogP contribution is 2.28. The Labute approximate surface area is 146 Å². The van der Waals surface area contributed by atoms with Crippen molar-refractivity contribution in [2.75, 3.05) is 6.61 Å². The number of carbonyl (C=O) groups is 1. The predicted molar refractivity (Wildman–Crippen MR) is 94.1 cm³/mol. The van der Waals surface area contributed by atoms with E-state index in [-0.39, 0.29) is 17.9 Å². The maximum Gasteiger partial charge on any atom is 0.348 e. The van der Waals surface area contributed by atoms with E-state index in [1.54, 1.807) is 6.07 Å². The summed E-state index contributed by atoms with van der Waals surface area (Å²) in [6, 6.07) is 12.9. The van der Waals surface area contributed by atoms with Crippen LogP contribution in [-0.4, -0.2) is 22.7 Å². The topological polar surface area (TPSA) is 83.2 Å². The summed E-state index contributed by atoms with van der Waals surface area (Å²) in [6.07, 6.45) is 0. The molecule has 2 aromatic heterocycles. The molecule has 0 amide bonds. The van der Waals surface area contributed by atoms with Gasteiger partial charge in [-0.1, -0.05) is 12.1 Å². The molecule has 3 aromatic rings. The van der Waals surface area contributed by atoms with Gasteiger partial charge in [-0.25, -0.2) is 9.78 Å². The van der Waals surface area contributed by atoms with Gasteiger partial charge in [0.05, 0.1) is 10.2 Å². The van der Waals surface area contributed by atoms with E-state index in [1.807, 2.05) is 43.3 Å². The number of hydrogen-bond donors (Lipinski definition) is 1. The fraction of sp³-hybridized carbons (Fsp3) is 0.118. The SMILES string of the molecule is Cc1ccc(C(=O)OC/C(O)=C(\C#N)c2nc3ccccc3s2)s1. The van der Waals surface area contributed by atoms with Gasteiger partial charge in [-0.3, -0.25) is 0 Å². The molecule has 1 aromatic carbocycles. The van der Waals surface area contributed by atoms with Crippen LogP contribution in [0.5, 0.6) is 0 Å². The molecular weight excluding hydrogens is 344 g/mol. The van der Waals surface area contributed by atoms with Crippen LogP contribution in [-0.2, 0) is 4.74 Å². The maximum absolute atomic E-state index is 11.9. The molecule has 7 heteroatoms. The minimum Gasteiger partial charge on any atom is -0.507 e. The Morgan fingerprint density at radius 2 is 2.08 bits per heavy atom. The van der Waals surface area contributed by atoms with Crippen molar-refractivity contribution in [1.82, 2.24) is 4.98 Å².